The van der Waals surface area contributed by atoms with Crippen molar-refractivity contribution in [3.8, 4) is 0 Å². The molecule has 1 aromatic rings. The molecule has 0 aromatic heterocycles. The maximum atomic E-state index is 13.4. The Morgan fingerprint density at radius 3 is 2.75 bits per heavy atom. The van der Waals surface area contributed by atoms with Crippen LogP contribution in [0.5, 0.6) is 0 Å². The maximum absolute atomic E-state index is 13.4. The molecule has 0 amide bonds. The molecule has 1 heterocycles. The minimum absolute atomic E-state index is 0.169. The van der Waals surface area contributed by atoms with Gasteiger partial charge < -0.3 is 20.0 Å². The molecule has 2 N–H and O–H groups in total. The van der Waals surface area contributed by atoms with Crippen LogP contribution in [0.2, 0.25) is 0 Å². The molecule has 0 saturated carbocycles. The second-order valence-electron chi connectivity index (χ2n) is 5.84. The van der Waals surface area contributed by atoms with Gasteiger partial charge in [-0.3, -0.25) is 0 Å². The van der Waals surface area contributed by atoms with Crippen molar-refractivity contribution >= 4 is 5.69 Å². The van der Waals surface area contributed by atoms with E-state index in [1.165, 1.54) is 12.1 Å². The zero-order chi connectivity index (χ0) is 14.9. The van der Waals surface area contributed by atoms with Crippen LogP contribution in [0.4, 0.5) is 10.1 Å². The lowest BCUT2D eigenvalue weighted by atomic mass is 10.1. The van der Waals surface area contributed by atoms with Crippen molar-refractivity contribution in [2.24, 2.45) is 0 Å². The van der Waals surface area contributed by atoms with Crippen LogP contribution in [0.15, 0.2) is 18.2 Å². The van der Waals surface area contributed by atoms with Crippen molar-refractivity contribution in [3.63, 3.8) is 0 Å². The predicted molar refractivity (Wildman–Crippen MR) is 77.3 cm³/mol. The molecule has 1 aliphatic heterocycles. The molecule has 1 saturated heterocycles. The molecule has 1 aliphatic rings. The van der Waals surface area contributed by atoms with E-state index in [2.05, 4.69) is 9.80 Å². The van der Waals surface area contributed by atoms with E-state index in [-0.39, 0.29) is 18.0 Å². The number of hydrogen-bond donors (Lipinski definition) is 2. The van der Waals surface area contributed by atoms with E-state index in [0.29, 0.717) is 18.5 Å². The molecular formula is C15H23FN2O2. The monoisotopic (exact) mass is 282 g/mol. The number of likely N-dealkylation sites (N-methyl/N-ethyl adjacent to an activating group) is 1. The van der Waals surface area contributed by atoms with Crippen LogP contribution in [0.1, 0.15) is 25.0 Å². The summed E-state index contributed by atoms with van der Waals surface area (Å²) in [7, 11) is 3.98. The van der Waals surface area contributed by atoms with Gasteiger partial charge in [-0.05, 0) is 45.6 Å². The molecule has 1 aromatic carbocycles. The first-order chi connectivity index (χ1) is 9.38. The molecule has 3 atom stereocenters. The normalized spacial score (nSPS) is 24.4. The number of halogens is 1. The van der Waals surface area contributed by atoms with Crippen LogP contribution in [0.25, 0.3) is 0 Å². The average molecular weight is 282 g/mol. The summed E-state index contributed by atoms with van der Waals surface area (Å²) in [5, 5.41) is 19.8. The minimum atomic E-state index is -0.738. The second-order valence-corrected chi connectivity index (χ2v) is 5.84. The molecular weight excluding hydrogens is 259 g/mol. The van der Waals surface area contributed by atoms with Gasteiger partial charge in [0, 0.05) is 30.4 Å². The van der Waals surface area contributed by atoms with E-state index in [9.17, 15) is 14.6 Å². The van der Waals surface area contributed by atoms with Crippen molar-refractivity contribution < 1.29 is 14.6 Å². The standard InChI is InChI=1S/C15H23FN2O2/c1-10(19)14-6-11(16)4-5-15(14)18-9-13(20)7-12(18)8-17(2)3/h4-6,10,12-13,19-20H,7-9H2,1-3H3/t10-,12?,13?/m0/s1. The van der Waals surface area contributed by atoms with E-state index in [4.69, 9.17) is 0 Å². The molecule has 20 heavy (non-hydrogen) atoms. The summed E-state index contributed by atoms with van der Waals surface area (Å²) in [6, 6.07) is 4.64. The van der Waals surface area contributed by atoms with E-state index in [1.54, 1.807) is 13.0 Å². The highest BCUT2D eigenvalue weighted by Crippen LogP contribution is 2.33. The Labute approximate surface area is 119 Å². The fourth-order valence-corrected chi connectivity index (χ4v) is 2.90. The second kappa shape index (κ2) is 6.08. The molecule has 0 bridgehead atoms. The quantitative estimate of drug-likeness (QED) is 0.876. The smallest absolute Gasteiger partial charge is 0.123 e. The SMILES string of the molecule is C[C@H](O)c1cc(F)ccc1N1CC(O)CC1CN(C)C. The third-order valence-corrected chi connectivity index (χ3v) is 3.72. The summed E-state index contributed by atoms with van der Waals surface area (Å²) in [6.45, 7) is 2.96. The van der Waals surface area contributed by atoms with E-state index in [0.717, 1.165) is 12.2 Å². The van der Waals surface area contributed by atoms with Gasteiger partial charge in [0.2, 0.25) is 0 Å². The molecule has 1 fully saturated rings. The van der Waals surface area contributed by atoms with Crippen LogP contribution in [-0.2, 0) is 0 Å². The molecule has 0 aliphatic carbocycles. The molecule has 2 unspecified atom stereocenters. The first-order valence-electron chi connectivity index (χ1n) is 6.95. The molecule has 2 rings (SSSR count). The van der Waals surface area contributed by atoms with Gasteiger partial charge in [-0.15, -0.1) is 0 Å². The maximum Gasteiger partial charge on any atom is 0.123 e. The van der Waals surface area contributed by atoms with Gasteiger partial charge >= 0.3 is 0 Å². The lowest BCUT2D eigenvalue weighted by molar-refractivity contribution is 0.191. The Kier molecular flexibility index (Phi) is 4.62. The van der Waals surface area contributed by atoms with Gasteiger partial charge in [0.1, 0.15) is 5.82 Å². The van der Waals surface area contributed by atoms with Crippen molar-refractivity contribution in [1.82, 2.24) is 4.90 Å². The molecule has 112 valence electrons. The number of aliphatic hydroxyl groups excluding tert-OH is 2. The van der Waals surface area contributed by atoms with Gasteiger partial charge in [-0.1, -0.05) is 0 Å². The number of aliphatic hydroxyl groups is 2. The average Bonchev–Trinajstić information content (AvgIpc) is 2.69. The summed E-state index contributed by atoms with van der Waals surface area (Å²) in [4.78, 5) is 4.15. The van der Waals surface area contributed by atoms with Gasteiger partial charge in [-0.25, -0.2) is 4.39 Å². The van der Waals surface area contributed by atoms with Gasteiger partial charge in [0.15, 0.2) is 0 Å². The lowest BCUT2D eigenvalue weighted by Gasteiger charge is -2.31. The Morgan fingerprint density at radius 1 is 1.45 bits per heavy atom. The highest BCUT2D eigenvalue weighted by Gasteiger charge is 2.32. The lowest BCUT2D eigenvalue weighted by Crippen LogP contribution is -2.38. The molecule has 0 spiro atoms. The molecule has 5 heteroatoms. The fourth-order valence-electron chi connectivity index (χ4n) is 2.90. The van der Waals surface area contributed by atoms with Gasteiger partial charge in [0.05, 0.1) is 12.2 Å². The summed E-state index contributed by atoms with van der Waals surface area (Å²) in [5.74, 6) is -0.353. The van der Waals surface area contributed by atoms with Crippen LogP contribution in [-0.4, -0.2) is 54.4 Å². The third kappa shape index (κ3) is 3.29. The minimum Gasteiger partial charge on any atom is -0.391 e. The van der Waals surface area contributed by atoms with Crippen LogP contribution in [0.3, 0.4) is 0 Å². The van der Waals surface area contributed by atoms with Crippen molar-refractivity contribution in [3.05, 3.63) is 29.6 Å². The Balaban J connectivity index is 2.33. The van der Waals surface area contributed by atoms with Crippen LogP contribution >= 0.6 is 0 Å². The first kappa shape index (κ1) is 15.2. The Morgan fingerprint density at radius 2 is 2.15 bits per heavy atom. The van der Waals surface area contributed by atoms with Gasteiger partial charge in [0.25, 0.3) is 0 Å². The summed E-state index contributed by atoms with van der Waals surface area (Å²) in [5.41, 5.74) is 1.38. The number of benzene rings is 1. The van der Waals surface area contributed by atoms with E-state index in [1.807, 2.05) is 14.1 Å². The number of hydrogen-bond acceptors (Lipinski definition) is 4. The third-order valence-electron chi connectivity index (χ3n) is 3.72. The largest absolute Gasteiger partial charge is 0.391 e. The Hall–Kier alpha value is -1.17. The van der Waals surface area contributed by atoms with E-state index < -0.39 is 6.10 Å². The molecule has 0 radical (unpaired) electrons. The number of nitrogens with zero attached hydrogens (tertiary/aromatic N) is 2. The number of rotatable bonds is 4. The predicted octanol–water partition coefficient (Wildman–Crippen LogP) is 1.38. The first-order valence-corrected chi connectivity index (χ1v) is 6.95. The summed E-state index contributed by atoms with van der Waals surface area (Å²) >= 11 is 0. The van der Waals surface area contributed by atoms with E-state index >= 15 is 0 Å². The van der Waals surface area contributed by atoms with Crippen LogP contribution < -0.4 is 4.90 Å². The summed E-state index contributed by atoms with van der Waals surface area (Å²) in [6.07, 6.45) is -0.431. The topological polar surface area (TPSA) is 46.9 Å². The highest BCUT2D eigenvalue weighted by atomic mass is 19.1. The van der Waals surface area contributed by atoms with Crippen molar-refractivity contribution in [2.75, 3.05) is 32.1 Å². The van der Waals surface area contributed by atoms with Crippen molar-refractivity contribution in [1.29, 1.82) is 0 Å². The molecule has 4 nitrogen and oxygen atoms in total. The van der Waals surface area contributed by atoms with Crippen molar-refractivity contribution in [2.45, 2.75) is 31.6 Å². The zero-order valence-electron chi connectivity index (χ0n) is 12.3. The number of β-amino-alcohol motifs (C(OH)–C–C–N with tert-alkyl or cyclic N) is 1. The Bertz CT molecular complexity index is 465. The summed E-state index contributed by atoms with van der Waals surface area (Å²) < 4.78 is 13.4. The number of anilines is 1. The highest BCUT2D eigenvalue weighted by molar-refractivity contribution is 5.56. The fraction of sp³-hybridized carbons (Fsp3) is 0.600. The zero-order valence-corrected chi connectivity index (χ0v) is 12.3. The van der Waals surface area contributed by atoms with Gasteiger partial charge in [-0.2, -0.15) is 0 Å². The van der Waals surface area contributed by atoms with Crippen LogP contribution in [0, 0.1) is 5.82 Å².